The van der Waals surface area contributed by atoms with E-state index in [9.17, 15) is 0 Å². The summed E-state index contributed by atoms with van der Waals surface area (Å²) in [6.45, 7) is 2.70. The number of hydrogen-bond donors (Lipinski definition) is 1. The van der Waals surface area contributed by atoms with Gasteiger partial charge in [-0.05, 0) is 19.1 Å². The highest BCUT2D eigenvalue weighted by Crippen LogP contribution is 2.27. The predicted molar refractivity (Wildman–Crippen MR) is 69.0 cm³/mol. The molecule has 1 aromatic heterocycles. The molecule has 3 nitrogen and oxygen atoms in total. The van der Waals surface area contributed by atoms with Crippen LogP contribution in [0.2, 0.25) is 0 Å². The monoisotopic (exact) mass is 279 g/mol. The zero-order valence-corrected chi connectivity index (χ0v) is 10.7. The van der Waals surface area contributed by atoms with E-state index in [0.29, 0.717) is 0 Å². The molecule has 0 radical (unpaired) electrons. The average Bonchev–Trinajstić information content (AvgIpc) is 2.66. The van der Waals surface area contributed by atoms with Crippen molar-refractivity contribution in [1.29, 1.82) is 0 Å². The lowest BCUT2D eigenvalue weighted by molar-refractivity contribution is 0.543. The van der Waals surface area contributed by atoms with Gasteiger partial charge in [0, 0.05) is 22.3 Å². The minimum Gasteiger partial charge on any atom is -0.326 e. The van der Waals surface area contributed by atoms with Gasteiger partial charge in [0.2, 0.25) is 0 Å². The predicted octanol–water partition coefficient (Wildman–Crippen LogP) is 2.66. The summed E-state index contributed by atoms with van der Waals surface area (Å²) in [5.41, 5.74) is 8.02. The molecule has 2 aromatic rings. The highest BCUT2D eigenvalue weighted by Gasteiger charge is 2.09. The number of halogens is 1. The van der Waals surface area contributed by atoms with E-state index in [1.54, 1.807) is 6.20 Å². The summed E-state index contributed by atoms with van der Waals surface area (Å²) in [6, 6.07) is 10.2. The molecule has 84 valence electrons. The number of nitrogens with two attached hydrogens (primary N) is 1. The van der Waals surface area contributed by atoms with Gasteiger partial charge in [0.1, 0.15) is 0 Å². The van der Waals surface area contributed by atoms with E-state index in [1.165, 1.54) is 0 Å². The van der Waals surface area contributed by atoms with Gasteiger partial charge in [0.15, 0.2) is 0 Å². The largest absolute Gasteiger partial charge is 0.326 e. The van der Waals surface area contributed by atoms with Gasteiger partial charge in [-0.3, -0.25) is 4.68 Å². The molecule has 1 unspecified atom stereocenters. The van der Waals surface area contributed by atoms with Gasteiger partial charge in [-0.2, -0.15) is 5.10 Å². The zero-order chi connectivity index (χ0) is 11.5. The topological polar surface area (TPSA) is 43.8 Å². The third-order valence-electron chi connectivity index (χ3n) is 2.33. The van der Waals surface area contributed by atoms with E-state index in [4.69, 9.17) is 5.73 Å². The molecular formula is C12H14BrN3. The Balaban J connectivity index is 2.41. The Bertz CT molecular complexity index is 477. The van der Waals surface area contributed by atoms with Gasteiger partial charge in [0.05, 0.1) is 12.2 Å². The molecule has 1 heterocycles. The summed E-state index contributed by atoms with van der Waals surface area (Å²) in [5, 5.41) is 4.29. The minimum absolute atomic E-state index is 0.0983. The molecule has 0 fully saturated rings. The van der Waals surface area contributed by atoms with Crippen LogP contribution in [0.15, 0.2) is 41.0 Å². The molecule has 0 bridgehead atoms. The molecule has 0 spiro atoms. The maximum Gasteiger partial charge on any atom is 0.0694 e. The first-order valence-electron chi connectivity index (χ1n) is 5.21. The van der Waals surface area contributed by atoms with Crippen molar-refractivity contribution in [2.75, 3.05) is 0 Å². The van der Waals surface area contributed by atoms with E-state index in [0.717, 1.165) is 22.3 Å². The quantitative estimate of drug-likeness (QED) is 0.939. The molecule has 2 rings (SSSR count). The van der Waals surface area contributed by atoms with Gasteiger partial charge in [-0.25, -0.2) is 0 Å². The van der Waals surface area contributed by atoms with Crippen molar-refractivity contribution in [1.82, 2.24) is 9.78 Å². The molecule has 0 aliphatic heterocycles. The van der Waals surface area contributed by atoms with Gasteiger partial charge in [-0.15, -0.1) is 0 Å². The van der Waals surface area contributed by atoms with Crippen molar-refractivity contribution in [3.05, 3.63) is 41.0 Å². The lowest BCUT2D eigenvalue weighted by Gasteiger charge is -2.11. The van der Waals surface area contributed by atoms with Gasteiger partial charge in [0.25, 0.3) is 0 Å². The molecule has 4 heteroatoms. The molecule has 0 amide bonds. The number of benzene rings is 1. The summed E-state index contributed by atoms with van der Waals surface area (Å²) >= 11 is 3.55. The Morgan fingerprint density at radius 1 is 1.38 bits per heavy atom. The second kappa shape index (κ2) is 4.80. The van der Waals surface area contributed by atoms with Crippen LogP contribution in [-0.2, 0) is 6.54 Å². The Labute approximate surface area is 103 Å². The lowest BCUT2D eigenvalue weighted by Crippen LogP contribution is -2.23. The fourth-order valence-electron chi connectivity index (χ4n) is 1.65. The Morgan fingerprint density at radius 3 is 2.81 bits per heavy atom. The second-order valence-electron chi connectivity index (χ2n) is 3.86. The summed E-state index contributed by atoms with van der Waals surface area (Å²) in [5.74, 6) is 0. The fourth-order valence-corrected chi connectivity index (χ4v) is 2.14. The van der Waals surface area contributed by atoms with E-state index in [2.05, 4.69) is 27.1 Å². The van der Waals surface area contributed by atoms with Crippen LogP contribution < -0.4 is 5.73 Å². The summed E-state index contributed by atoms with van der Waals surface area (Å²) < 4.78 is 3.01. The van der Waals surface area contributed by atoms with E-state index < -0.39 is 0 Å². The molecule has 0 saturated carbocycles. The molecule has 1 aromatic carbocycles. The fraction of sp³-hybridized carbons (Fsp3) is 0.250. The Kier molecular flexibility index (Phi) is 3.41. The van der Waals surface area contributed by atoms with Crippen LogP contribution >= 0.6 is 15.9 Å². The van der Waals surface area contributed by atoms with Crippen molar-refractivity contribution in [2.45, 2.75) is 19.5 Å². The van der Waals surface area contributed by atoms with Crippen molar-refractivity contribution in [3.63, 3.8) is 0 Å². The number of hydrogen-bond acceptors (Lipinski definition) is 2. The van der Waals surface area contributed by atoms with Gasteiger partial charge < -0.3 is 5.73 Å². The molecule has 2 N–H and O–H groups in total. The normalized spacial score (nSPS) is 12.7. The van der Waals surface area contributed by atoms with Crippen molar-refractivity contribution >= 4 is 15.9 Å². The molecular weight excluding hydrogens is 266 g/mol. The van der Waals surface area contributed by atoms with Crippen LogP contribution in [0.25, 0.3) is 11.3 Å². The third-order valence-corrected chi connectivity index (χ3v) is 3.02. The van der Waals surface area contributed by atoms with Gasteiger partial charge in [-0.1, -0.05) is 34.1 Å². The minimum atomic E-state index is 0.0983. The van der Waals surface area contributed by atoms with Crippen LogP contribution in [-0.4, -0.2) is 15.8 Å². The molecule has 16 heavy (non-hydrogen) atoms. The first kappa shape index (κ1) is 11.4. The Morgan fingerprint density at radius 2 is 2.12 bits per heavy atom. The number of rotatable bonds is 3. The van der Waals surface area contributed by atoms with Crippen molar-refractivity contribution in [2.24, 2.45) is 5.73 Å². The van der Waals surface area contributed by atoms with Crippen LogP contribution in [0.5, 0.6) is 0 Å². The second-order valence-corrected chi connectivity index (χ2v) is 4.71. The standard InChI is InChI=1S/C12H14BrN3/c1-9(14)8-16-12(6-7-15-16)10-4-2-3-5-11(10)13/h2-7,9H,8,14H2,1H3. The summed E-state index contributed by atoms with van der Waals surface area (Å²) in [6.07, 6.45) is 1.80. The first-order chi connectivity index (χ1) is 7.68. The van der Waals surface area contributed by atoms with Crippen LogP contribution in [0.3, 0.4) is 0 Å². The zero-order valence-electron chi connectivity index (χ0n) is 9.10. The molecule has 0 aliphatic rings. The highest BCUT2D eigenvalue weighted by atomic mass is 79.9. The summed E-state index contributed by atoms with van der Waals surface area (Å²) in [7, 11) is 0. The average molecular weight is 280 g/mol. The van der Waals surface area contributed by atoms with E-state index in [-0.39, 0.29) is 6.04 Å². The maximum absolute atomic E-state index is 5.80. The highest BCUT2D eigenvalue weighted by molar-refractivity contribution is 9.10. The molecule has 0 saturated heterocycles. The van der Waals surface area contributed by atoms with Crippen molar-refractivity contribution < 1.29 is 0 Å². The lowest BCUT2D eigenvalue weighted by atomic mass is 10.1. The third kappa shape index (κ3) is 2.33. The maximum atomic E-state index is 5.80. The Hall–Kier alpha value is -1.13. The molecule has 0 aliphatic carbocycles. The van der Waals surface area contributed by atoms with Crippen LogP contribution in [0.4, 0.5) is 0 Å². The van der Waals surface area contributed by atoms with E-state index in [1.807, 2.05) is 35.9 Å². The van der Waals surface area contributed by atoms with Gasteiger partial charge >= 0.3 is 0 Å². The number of aromatic nitrogens is 2. The number of nitrogens with zero attached hydrogens (tertiary/aromatic N) is 2. The van der Waals surface area contributed by atoms with E-state index >= 15 is 0 Å². The first-order valence-corrected chi connectivity index (χ1v) is 6.00. The summed E-state index contributed by atoms with van der Waals surface area (Å²) in [4.78, 5) is 0. The smallest absolute Gasteiger partial charge is 0.0694 e. The molecule has 1 atom stereocenters. The van der Waals surface area contributed by atoms with Crippen LogP contribution in [0, 0.1) is 0 Å². The van der Waals surface area contributed by atoms with Crippen LogP contribution in [0.1, 0.15) is 6.92 Å². The SMILES string of the molecule is CC(N)Cn1nccc1-c1ccccc1Br. The van der Waals surface area contributed by atoms with Crippen molar-refractivity contribution in [3.8, 4) is 11.3 Å².